The predicted octanol–water partition coefficient (Wildman–Crippen LogP) is 1.89. The molecule has 1 heterocycles. The lowest BCUT2D eigenvalue weighted by atomic mass is 10.1. The number of carbonyl (C=O) groups is 1. The van der Waals surface area contributed by atoms with E-state index in [9.17, 15) is 9.59 Å². The van der Waals surface area contributed by atoms with Gasteiger partial charge in [-0.25, -0.2) is 0 Å². The van der Waals surface area contributed by atoms with Crippen LogP contribution in [0.3, 0.4) is 0 Å². The van der Waals surface area contributed by atoms with E-state index < -0.39 is 5.54 Å². The third-order valence-electron chi connectivity index (χ3n) is 3.48. The van der Waals surface area contributed by atoms with Gasteiger partial charge in [0, 0.05) is 22.9 Å². The van der Waals surface area contributed by atoms with Crippen LogP contribution in [0.15, 0.2) is 29.1 Å². The Bertz CT molecular complexity index is 831. The lowest BCUT2D eigenvalue weighted by molar-refractivity contribution is -0.122. The van der Waals surface area contributed by atoms with Crippen LogP contribution >= 0.6 is 0 Å². The van der Waals surface area contributed by atoms with Gasteiger partial charge in [0.25, 0.3) is 5.56 Å². The number of aromatic nitrogens is 1. The first kappa shape index (κ1) is 16.6. The van der Waals surface area contributed by atoms with Gasteiger partial charge in [-0.15, -0.1) is 0 Å². The Labute approximate surface area is 134 Å². The van der Waals surface area contributed by atoms with Crippen molar-refractivity contribution in [3.8, 4) is 11.8 Å². The van der Waals surface area contributed by atoms with Crippen molar-refractivity contribution in [1.29, 1.82) is 5.26 Å². The third kappa shape index (κ3) is 4.10. The van der Waals surface area contributed by atoms with E-state index >= 15 is 0 Å². The van der Waals surface area contributed by atoms with Crippen molar-refractivity contribution in [2.75, 3.05) is 7.11 Å². The standard InChI is InChI=1S/C17H19N3O3/c1-17(2,10-18)20-15(21)7-4-11-8-12-9-13(23-3)5-6-14(12)19-16(11)22/h5-6,8-9H,4,7H2,1-3H3,(H,19,22)(H,20,21). The Morgan fingerprint density at radius 3 is 2.78 bits per heavy atom. The van der Waals surface area contributed by atoms with Gasteiger partial charge < -0.3 is 15.0 Å². The van der Waals surface area contributed by atoms with Crippen molar-refractivity contribution in [3.63, 3.8) is 0 Å². The van der Waals surface area contributed by atoms with E-state index in [-0.39, 0.29) is 17.9 Å². The number of H-pyrrole nitrogens is 1. The minimum absolute atomic E-state index is 0.143. The topological polar surface area (TPSA) is 95.0 Å². The summed E-state index contributed by atoms with van der Waals surface area (Å²) in [7, 11) is 1.58. The molecule has 0 aliphatic rings. The summed E-state index contributed by atoms with van der Waals surface area (Å²) < 4.78 is 5.17. The summed E-state index contributed by atoms with van der Waals surface area (Å²) in [6, 6.07) is 9.15. The van der Waals surface area contributed by atoms with E-state index in [1.54, 1.807) is 39.2 Å². The molecule has 0 unspecified atom stereocenters. The number of carbonyl (C=O) groups excluding carboxylic acids is 1. The first-order chi connectivity index (χ1) is 10.8. The van der Waals surface area contributed by atoms with Gasteiger partial charge in [-0.2, -0.15) is 5.26 Å². The SMILES string of the molecule is COc1ccc2[nH]c(=O)c(CCC(=O)NC(C)(C)C#N)cc2c1. The van der Waals surface area contributed by atoms with Crippen molar-refractivity contribution in [3.05, 3.63) is 40.2 Å². The number of pyridine rings is 1. The summed E-state index contributed by atoms with van der Waals surface area (Å²) in [4.78, 5) is 26.7. The van der Waals surface area contributed by atoms with Crippen LogP contribution in [-0.2, 0) is 11.2 Å². The molecule has 2 aromatic rings. The predicted molar refractivity (Wildman–Crippen MR) is 87.3 cm³/mol. The Balaban J connectivity index is 2.17. The second-order valence-electron chi connectivity index (χ2n) is 5.86. The van der Waals surface area contributed by atoms with Gasteiger partial charge in [0.05, 0.1) is 13.2 Å². The van der Waals surface area contributed by atoms with E-state index in [1.807, 2.05) is 12.1 Å². The molecular formula is C17H19N3O3. The van der Waals surface area contributed by atoms with Crippen LogP contribution in [0, 0.1) is 11.3 Å². The summed E-state index contributed by atoms with van der Waals surface area (Å²) in [6.45, 7) is 3.25. The highest BCUT2D eigenvalue weighted by atomic mass is 16.5. The maximum atomic E-state index is 12.1. The van der Waals surface area contributed by atoms with Crippen LogP contribution < -0.4 is 15.6 Å². The maximum absolute atomic E-state index is 12.1. The zero-order valence-corrected chi connectivity index (χ0v) is 13.4. The Morgan fingerprint density at radius 1 is 1.39 bits per heavy atom. The fourth-order valence-electron chi connectivity index (χ4n) is 2.23. The maximum Gasteiger partial charge on any atom is 0.251 e. The second-order valence-corrected chi connectivity index (χ2v) is 5.86. The molecule has 0 aliphatic carbocycles. The van der Waals surface area contributed by atoms with Gasteiger partial charge in [0.15, 0.2) is 0 Å². The van der Waals surface area contributed by atoms with Crippen molar-refractivity contribution in [2.45, 2.75) is 32.2 Å². The molecule has 0 saturated heterocycles. The second kappa shape index (κ2) is 6.53. The molecule has 1 aromatic heterocycles. The number of amides is 1. The van der Waals surface area contributed by atoms with E-state index in [0.717, 1.165) is 10.9 Å². The van der Waals surface area contributed by atoms with Gasteiger partial charge in [0.1, 0.15) is 11.3 Å². The quantitative estimate of drug-likeness (QED) is 0.881. The van der Waals surface area contributed by atoms with E-state index in [4.69, 9.17) is 10.00 Å². The van der Waals surface area contributed by atoms with Crippen molar-refractivity contribution in [2.24, 2.45) is 0 Å². The molecule has 1 amide bonds. The molecule has 0 saturated carbocycles. The Hall–Kier alpha value is -2.81. The number of nitrogens with one attached hydrogen (secondary N) is 2. The van der Waals surface area contributed by atoms with Crippen molar-refractivity contribution in [1.82, 2.24) is 10.3 Å². The minimum atomic E-state index is -0.916. The van der Waals surface area contributed by atoms with Gasteiger partial charge in [0.2, 0.25) is 5.91 Å². The highest BCUT2D eigenvalue weighted by molar-refractivity contribution is 5.81. The first-order valence-corrected chi connectivity index (χ1v) is 7.27. The zero-order valence-electron chi connectivity index (χ0n) is 13.4. The van der Waals surface area contributed by atoms with Crippen molar-refractivity contribution < 1.29 is 9.53 Å². The van der Waals surface area contributed by atoms with Crippen LogP contribution in [0.5, 0.6) is 5.75 Å². The number of benzene rings is 1. The molecule has 120 valence electrons. The number of nitrogens with zero attached hydrogens (tertiary/aromatic N) is 1. The van der Waals surface area contributed by atoms with Crippen LogP contribution in [-0.4, -0.2) is 23.5 Å². The summed E-state index contributed by atoms with van der Waals surface area (Å²) in [5.74, 6) is 0.436. The molecule has 0 bridgehead atoms. The summed E-state index contributed by atoms with van der Waals surface area (Å²) >= 11 is 0. The average molecular weight is 313 g/mol. The zero-order chi connectivity index (χ0) is 17.0. The van der Waals surface area contributed by atoms with E-state index in [1.165, 1.54) is 0 Å². The molecule has 6 nitrogen and oxygen atoms in total. The Kier molecular flexibility index (Phi) is 4.70. The molecule has 1 aromatic carbocycles. The number of methoxy groups -OCH3 is 1. The third-order valence-corrected chi connectivity index (χ3v) is 3.48. The molecule has 23 heavy (non-hydrogen) atoms. The normalized spacial score (nSPS) is 11.0. The van der Waals surface area contributed by atoms with Crippen LogP contribution in [0.1, 0.15) is 25.8 Å². The smallest absolute Gasteiger partial charge is 0.251 e. The van der Waals surface area contributed by atoms with Crippen LogP contribution in [0.2, 0.25) is 0 Å². The largest absolute Gasteiger partial charge is 0.497 e. The first-order valence-electron chi connectivity index (χ1n) is 7.27. The minimum Gasteiger partial charge on any atom is -0.497 e. The van der Waals surface area contributed by atoms with E-state index in [0.29, 0.717) is 17.7 Å². The molecule has 0 fully saturated rings. The van der Waals surface area contributed by atoms with Gasteiger partial charge in [-0.1, -0.05) is 0 Å². The number of rotatable bonds is 5. The average Bonchev–Trinajstić information content (AvgIpc) is 2.52. The summed E-state index contributed by atoms with van der Waals surface area (Å²) in [6.07, 6.45) is 0.444. The number of fused-ring (bicyclic) bond motifs is 1. The monoisotopic (exact) mass is 313 g/mol. The lowest BCUT2D eigenvalue weighted by Gasteiger charge is -2.17. The number of nitriles is 1. The highest BCUT2D eigenvalue weighted by Crippen LogP contribution is 2.19. The van der Waals surface area contributed by atoms with Crippen LogP contribution in [0.4, 0.5) is 0 Å². The molecule has 0 radical (unpaired) electrons. The van der Waals surface area contributed by atoms with Gasteiger partial charge in [-0.05, 0) is 44.5 Å². The van der Waals surface area contributed by atoms with Gasteiger partial charge in [-0.3, -0.25) is 9.59 Å². The number of aryl methyl sites for hydroxylation is 1. The molecular weight excluding hydrogens is 294 g/mol. The number of hydrogen-bond donors (Lipinski definition) is 2. The van der Waals surface area contributed by atoms with Crippen LogP contribution in [0.25, 0.3) is 10.9 Å². The Morgan fingerprint density at radius 2 is 2.13 bits per heavy atom. The molecule has 2 N–H and O–H groups in total. The summed E-state index contributed by atoms with van der Waals surface area (Å²) in [5, 5.41) is 12.4. The highest BCUT2D eigenvalue weighted by Gasteiger charge is 2.19. The lowest BCUT2D eigenvalue weighted by Crippen LogP contribution is -2.42. The molecule has 0 atom stereocenters. The molecule has 6 heteroatoms. The molecule has 0 spiro atoms. The molecule has 0 aliphatic heterocycles. The van der Waals surface area contributed by atoms with Gasteiger partial charge >= 0.3 is 0 Å². The number of ether oxygens (including phenoxy) is 1. The number of aromatic amines is 1. The van der Waals surface area contributed by atoms with Crippen molar-refractivity contribution >= 4 is 16.8 Å². The fraction of sp³-hybridized carbons (Fsp3) is 0.353. The number of hydrogen-bond acceptors (Lipinski definition) is 4. The fourth-order valence-corrected chi connectivity index (χ4v) is 2.23. The molecule has 2 rings (SSSR count). The van der Waals surface area contributed by atoms with E-state index in [2.05, 4.69) is 10.3 Å². The summed E-state index contributed by atoms with van der Waals surface area (Å²) in [5.41, 5.74) is 0.112.